The Morgan fingerprint density at radius 1 is 1.40 bits per heavy atom. The monoisotopic (exact) mass is 229 g/mol. The first-order valence-electron chi connectivity index (χ1n) is 5.51. The summed E-state index contributed by atoms with van der Waals surface area (Å²) in [5, 5.41) is 0. The predicted molar refractivity (Wildman–Crippen MR) is 57.7 cm³/mol. The highest BCUT2D eigenvalue weighted by Gasteiger charge is 2.47. The average Bonchev–Trinajstić information content (AvgIpc) is 2.74. The molecule has 0 spiro atoms. The molecule has 84 valence electrons. The molecular formula is C11H16ClNO2. The Morgan fingerprint density at radius 2 is 2.13 bits per heavy atom. The van der Waals surface area contributed by atoms with Gasteiger partial charge in [-0.15, -0.1) is 11.6 Å². The van der Waals surface area contributed by atoms with Crippen molar-refractivity contribution >= 4 is 23.3 Å². The van der Waals surface area contributed by atoms with E-state index in [4.69, 9.17) is 11.6 Å². The van der Waals surface area contributed by atoms with Crippen LogP contribution < -0.4 is 0 Å². The lowest BCUT2D eigenvalue weighted by Crippen LogP contribution is -2.42. The van der Waals surface area contributed by atoms with Gasteiger partial charge in [0.05, 0.1) is 11.9 Å². The number of fused-ring (bicyclic) bond motifs is 1. The molecule has 1 amide bonds. The molecule has 1 saturated carbocycles. The fourth-order valence-electron chi connectivity index (χ4n) is 3.12. The lowest BCUT2D eigenvalue weighted by atomic mass is 9.92. The number of rotatable bonds is 2. The number of likely N-dealkylation sites (tertiary alicyclic amines) is 1. The SMILES string of the molecule is CC(=O)N1CC2CCCC2C1C(=O)CCl. The van der Waals surface area contributed by atoms with E-state index in [0.717, 1.165) is 19.4 Å². The summed E-state index contributed by atoms with van der Waals surface area (Å²) in [6, 6.07) is -0.229. The van der Waals surface area contributed by atoms with Crippen LogP contribution in [0.3, 0.4) is 0 Å². The van der Waals surface area contributed by atoms with Gasteiger partial charge >= 0.3 is 0 Å². The number of alkyl halides is 1. The predicted octanol–water partition coefficient (Wildman–Crippen LogP) is 1.44. The Bertz CT molecular complexity index is 292. The summed E-state index contributed by atoms with van der Waals surface area (Å²) < 4.78 is 0. The normalized spacial score (nSPS) is 34.3. The van der Waals surface area contributed by atoms with Crippen LogP contribution in [0.25, 0.3) is 0 Å². The number of carbonyl (C=O) groups is 2. The molecule has 0 aromatic rings. The van der Waals surface area contributed by atoms with Crippen LogP contribution in [0.2, 0.25) is 0 Å². The third-order valence-corrected chi connectivity index (χ3v) is 4.02. The number of ketones is 1. The van der Waals surface area contributed by atoms with Gasteiger partial charge in [-0.2, -0.15) is 0 Å². The van der Waals surface area contributed by atoms with Crippen LogP contribution >= 0.6 is 11.6 Å². The highest BCUT2D eigenvalue weighted by molar-refractivity contribution is 6.28. The van der Waals surface area contributed by atoms with Crippen molar-refractivity contribution in [3.05, 3.63) is 0 Å². The molecule has 0 bridgehead atoms. The van der Waals surface area contributed by atoms with Gasteiger partial charge in [0, 0.05) is 13.5 Å². The fourth-order valence-corrected chi connectivity index (χ4v) is 3.28. The average molecular weight is 230 g/mol. The van der Waals surface area contributed by atoms with Gasteiger partial charge in [-0.3, -0.25) is 9.59 Å². The van der Waals surface area contributed by atoms with Crippen LogP contribution in [0.15, 0.2) is 0 Å². The van der Waals surface area contributed by atoms with Crippen LogP contribution in [0.1, 0.15) is 26.2 Å². The molecule has 0 radical (unpaired) electrons. The minimum absolute atomic E-state index is 0.00728. The first-order valence-corrected chi connectivity index (χ1v) is 6.04. The van der Waals surface area contributed by atoms with Crippen LogP contribution in [-0.2, 0) is 9.59 Å². The van der Waals surface area contributed by atoms with Crippen LogP contribution in [-0.4, -0.2) is 35.1 Å². The molecule has 3 nitrogen and oxygen atoms in total. The second-order valence-electron chi connectivity index (χ2n) is 4.57. The molecular weight excluding hydrogens is 214 g/mol. The summed E-state index contributed by atoms with van der Waals surface area (Å²) in [5.74, 6) is 0.956. The molecule has 15 heavy (non-hydrogen) atoms. The first kappa shape index (κ1) is 10.9. The summed E-state index contributed by atoms with van der Waals surface area (Å²) in [6.07, 6.45) is 3.41. The number of carbonyl (C=O) groups excluding carboxylic acids is 2. The molecule has 0 aromatic heterocycles. The van der Waals surface area contributed by atoms with Crippen molar-refractivity contribution in [2.45, 2.75) is 32.2 Å². The van der Waals surface area contributed by atoms with Crippen molar-refractivity contribution in [2.75, 3.05) is 12.4 Å². The van der Waals surface area contributed by atoms with E-state index in [-0.39, 0.29) is 23.6 Å². The number of halogens is 1. The summed E-state index contributed by atoms with van der Waals surface area (Å²) in [6.45, 7) is 2.29. The van der Waals surface area contributed by atoms with E-state index in [2.05, 4.69) is 0 Å². The zero-order chi connectivity index (χ0) is 11.0. The van der Waals surface area contributed by atoms with Crippen molar-refractivity contribution in [2.24, 2.45) is 11.8 Å². The van der Waals surface area contributed by atoms with Crippen molar-refractivity contribution < 1.29 is 9.59 Å². The Balaban J connectivity index is 2.20. The van der Waals surface area contributed by atoms with Gasteiger partial charge in [-0.1, -0.05) is 6.42 Å². The number of hydrogen-bond donors (Lipinski definition) is 0. The van der Waals surface area contributed by atoms with Gasteiger partial charge in [0.25, 0.3) is 0 Å². The lowest BCUT2D eigenvalue weighted by Gasteiger charge is -2.24. The standard InChI is InChI=1S/C11H16ClNO2/c1-7(14)13-6-8-3-2-4-9(8)11(13)10(15)5-12/h8-9,11H,2-6H2,1H3. The van der Waals surface area contributed by atoms with E-state index in [1.807, 2.05) is 0 Å². The second kappa shape index (κ2) is 4.12. The van der Waals surface area contributed by atoms with E-state index in [0.29, 0.717) is 11.8 Å². The minimum Gasteiger partial charge on any atom is -0.332 e. The zero-order valence-electron chi connectivity index (χ0n) is 8.91. The summed E-state index contributed by atoms with van der Waals surface area (Å²) in [5.41, 5.74) is 0. The smallest absolute Gasteiger partial charge is 0.220 e. The Labute approximate surface area is 94.8 Å². The summed E-state index contributed by atoms with van der Waals surface area (Å²) in [7, 11) is 0. The molecule has 3 atom stereocenters. The van der Waals surface area contributed by atoms with Crippen molar-refractivity contribution in [3.8, 4) is 0 Å². The van der Waals surface area contributed by atoms with E-state index in [1.165, 1.54) is 13.3 Å². The molecule has 0 N–H and O–H groups in total. The molecule has 1 heterocycles. The number of Topliss-reactive ketones (excluding diaryl/α,β-unsaturated/α-hetero) is 1. The molecule has 4 heteroatoms. The van der Waals surface area contributed by atoms with Gasteiger partial charge in [-0.05, 0) is 24.7 Å². The first-order chi connectivity index (χ1) is 7.15. The highest BCUT2D eigenvalue weighted by atomic mass is 35.5. The van der Waals surface area contributed by atoms with E-state index in [1.54, 1.807) is 4.90 Å². The van der Waals surface area contributed by atoms with E-state index < -0.39 is 0 Å². The number of amides is 1. The largest absolute Gasteiger partial charge is 0.332 e. The molecule has 3 unspecified atom stereocenters. The maximum Gasteiger partial charge on any atom is 0.220 e. The topological polar surface area (TPSA) is 37.4 Å². The van der Waals surface area contributed by atoms with Gasteiger partial charge < -0.3 is 4.90 Å². The molecule has 1 aliphatic heterocycles. The Kier molecular flexibility index (Phi) is 3.01. The Hall–Kier alpha value is -0.570. The number of hydrogen-bond acceptors (Lipinski definition) is 2. The second-order valence-corrected chi connectivity index (χ2v) is 4.84. The quantitative estimate of drug-likeness (QED) is 0.672. The van der Waals surface area contributed by atoms with E-state index in [9.17, 15) is 9.59 Å². The fraction of sp³-hybridized carbons (Fsp3) is 0.818. The maximum absolute atomic E-state index is 11.7. The molecule has 2 rings (SSSR count). The molecule has 2 fully saturated rings. The van der Waals surface area contributed by atoms with Crippen LogP contribution in [0, 0.1) is 11.8 Å². The van der Waals surface area contributed by atoms with Gasteiger partial charge in [0.2, 0.25) is 5.91 Å². The van der Waals surface area contributed by atoms with Crippen LogP contribution in [0.5, 0.6) is 0 Å². The van der Waals surface area contributed by atoms with E-state index >= 15 is 0 Å². The molecule has 1 aliphatic carbocycles. The zero-order valence-corrected chi connectivity index (χ0v) is 9.67. The van der Waals surface area contributed by atoms with Gasteiger partial charge in [-0.25, -0.2) is 0 Å². The van der Waals surface area contributed by atoms with Gasteiger partial charge in [0.1, 0.15) is 0 Å². The van der Waals surface area contributed by atoms with Gasteiger partial charge in [0.15, 0.2) is 5.78 Å². The van der Waals surface area contributed by atoms with Crippen molar-refractivity contribution in [3.63, 3.8) is 0 Å². The summed E-state index contributed by atoms with van der Waals surface area (Å²) >= 11 is 5.60. The van der Waals surface area contributed by atoms with Crippen molar-refractivity contribution in [1.82, 2.24) is 4.90 Å². The number of nitrogens with zero attached hydrogens (tertiary/aromatic N) is 1. The Morgan fingerprint density at radius 3 is 2.73 bits per heavy atom. The van der Waals surface area contributed by atoms with Crippen molar-refractivity contribution in [1.29, 1.82) is 0 Å². The third kappa shape index (κ3) is 1.78. The highest BCUT2D eigenvalue weighted by Crippen LogP contribution is 2.42. The maximum atomic E-state index is 11.7. The summed E-state index contributed by atoms with van der Waals surface area (Å²) in [4.78, 5) is 24.9. The molecule has 1 saturated heterocycles. The lowest BCUT2D eigenvalue weighted by molar-refractivity contribution is -0.136. The third-order valence-electron chi connectivity index (χ3n) is 3.76. The van der Waals surface area contributed by atoms with Crippen LogP contribution in [0.4, 0.5) is 0 Å². The molecule has 0 aromatic carbocycles. The molecule has 2 aliphatic rings. The minimum atomic E-state index is -0.229.